The van der Waals surface area contributed by atoms with E-state index in [4.69, 9.17) is 5.84 Å². The standard InChI is InChI=1S/C23H43N5/c1-25-18-14-22-10-6-21(7-11-22)5-3-17-27(25)28-19-15-23-12-8-20(9-13-23)4-2-16-26(28)24/h4,21-23H,2-3,5-19,24H2,1H3. The number of hydrogen-bond donors (Lipinski definition) is 1. The van der Waals surface area contributed by atoms with Crippen LogP contribution in [0.1, 0.15) is 83.5 Å². The summed E-state index contributed by atoms with van der Waals surface area (Å²) in [6.07, 6.45) is 20.1. The molecule has 160 valence electrons. The molecule has 0 aromatic rings. The molecule has 4 fully saturated rings. The summed E-state index contributed by atoms with van der Waals surface area (Å²) < 4.78 is 0. The maximum atomic E-state index is 6.64. The molecule has 0 radical (unpaired) electrons. The molecule has 4 aliphatic heterocycles. The topological polar surface area (TPSA) is 39.0 Å². The minimum absolute atomic E-state index is 0.872. The number of hydrazine groups is 4. The van der Waals surface area contributed by atoms with E-state index in [9.17, 15) is 0 Å². The van der Waals surface area contributed by atoms with Gasteiger partial charge in [-0.2, -0.15) is 10.2 Å². The van der Waals surface area contributed by atoms with Crippen molar-refractivity contribution in [3.63, 3.8) is 0 Å². The minimum atomic E-state index is 0.872. The molecule has 2 N–H and O–H groups in total. The molecular formula is C23H43N5. The maximum Gasteiger partial charge on any atom is 0.0337 e. The van der Waals surface area contributed by atoms with E-state index in [0.717, 1.165) is 50.4 Å². The molecule has 2 saturated carbocycles. The molecule has 0 atom stereocenters. The van der Waals surface area contributed by atoms with E-state index in [-0.39, 0.29) is 0 Å². The van der Waals surface area contributed by atoms with Crippen molar-refractivity contribution in [2.24, 2.45) is 23.6 Å². The van der Waals surface area contributed by atoms with E-state index in [0.29, 0.717) is 0 Å². The van der Waals surface area contributed by atoms with Crippen LogP contribution in [-0.2, 0) is 0 Å². The lowest BCUT2D eigenvalue weighted by Gasteiger charge is -2.44. The third kappa shape index (κ3) is 5.37. The van der Waals surface area contributed by atoms with Crippen molar-refractivity contribution in [3.8, 4) is 0 Å². The van der Waals surface area contributed by atoms with Gasteiger partial charge in [0.1, 0.15) is 0 Å². The third-order valence-electron chi connectivity index (χ3n) is 8.03. The molecule has 5 nitrogen and oxygen atoms in total. The Kier molecular flexibility index (Phi) is 7.45. The van der Waals surface area contributed by atoms with Crippen LogP contribution in [-0.4, -0.2) is 53.6 Å². The Labute approximate surface area is 172 Å². The molecule has 0 aromatic carbocycles. The number of allylic oxidation sites excluding steroid dienone is 1. The van der Waals surface area contributed by atoms with Crippen LogP contribution in [0.15, 0.2) is 11.6 Å². The number of fused-ring (bicyclic) bond motifs is 17. The van der Waals surface area contributed by atoms with Crippen molar-refractivity contribution < 1.29 is 0 Å². The minimum Gasteiger partial charge on any atom is -0.254 e. The first-order valence-electron chi connectivity index (χ1n) is 12.1. The lowest BCUT2D eigenvalue weighted by Crippen LogP contribution is -2.62. The smallest absolute Gasteiger partial charge is 0.0337 e. The maximum absolute atomic E-state index is 6.64. The summed E-state index contributed by atoms with van der Waals surface area (Å²) in [5.41, 5.74) is 1.68. The molecule has 4 heterocycles. The lowest BCUT2D eigenvalue weighted by atomic mass is 9.79. The van der Waals surface area contributed by atoms with E-state index < -0.39 is 0 Å². The quantitative estimate of drug-likeness (QED) is 0.533. The summed E-state index contributed by atoms with van der Waals surface area (Å²) in [6, 6.07) is 0. The van der Waals surface area contributed by atoms with Gasteiger partial charge in [0.15, 0.2) is 0 Å². The number of nitrogens with zero attached hydrogens (tertiary/aromatic N) is 4. The van der Waals surface area contributed by atoms with Crippen LogP contribution < -0.4 is 5.84 Å². The fourth-order valence-electron chi connectivity index (χ4n) is 6.01. The van der Waals surface area contributed by atoms with Gasteiger partial charge in [0.2, 0.25) is 0 Å². The molecule has 0 unspecified atom stereocenters. The predicted octanol–water partition coefficient (Wildman–Crippen LogP) is 4.34. The van der Waals surface area contributed by atoms with Crippen molar-refractivity contribution in [3.05, 3.63) is 11.6 Å². The van der Waals surface area contributed by atoms with E-state index in [1.54, 1.807) is 5.57 Å². The Hall–Kier alpha value is -0.460. The highest BCUT2D eigenvalue weighted by molar-refractivity contribution is 5.05. The summed E-state index contributed by atoms with van der Waals surface area (Å²) in [5, 5.41) is 9.40. The van der Waals surface area contributed by atoms with Crippen molar-refractivity contribution in [1.82, 2.24) is 20.4 Å². The first kappa shape index (κ1) is 20.8. The van der Waals surface area contributed by atoms with Gasteiger partial charge in [0.25, 0.3) is 0 Å². The van der Waals surface area contributed by atoms with Gasteiger partial charge in [-0.1, -0.05) is 37.3 Å². The lowest BCUT2D eigenvalue weighted by molar-refractivity contribution is -0.275. The van der Waals surface area contributed by atoms with Gasteiger partial charge in [0.05, 0.1) is 0 Å². The average molecular weight is 390 g/mol. The van der Waals surface area contributed by atoms with Crippen molar-refractivity contribution >= 4 is 0 Å². The van der Waals surface area contributed by atoms with Crippen molar-refractivity contribution in [2.75, 3.05) is 33.2 Å². The summed E-state index contributed by atoms with van der Waals surface area (Å²) in [7, 11) is 2.29. The van der Waals surface area contributed by atoms with Crippen LogP contribution in [0.4, 0.5) is 0 Å². The zero-order valence-corrected chi connectivity index (χ0v) is 18.2. The molecule has 0 amide bonds. The first-order valence-corrected chi connectivity index (χ1v) is 12.1. The van der Waals surface area contributed by atoms with E-state index in [1.165, 1.54) is 77.0 Å². The number of nitrogens with two attached hydrogens (primary N) is 1. The normalized spacial score (nSPS) is 35.9. The van der Waals surface area contributed by atoms with Crippen LogP contribution in [0.5, 0.6) is 0 Å². The summed E-state index contributed by atoms with van der Waals surface area (Å²) >= 11 is 0. The van der Waals surface area contributed by atoms with Crippen LogP contribution in [0.25, 0.3) is 0 Å². The molecule has 2 aliphatic carbocycles. The Morgan fingerprint density at radius 1 is 0.714 bits per heavy atom. The number of rotatable bonds is 1. The Bertz CT molecular complexity index is 503. The average Bonchev–Trinajstić information content (AvgIpc) is 2.81. The largest absolute Gasteiger partial charge is 0.254 e. The van der Waals surface area contributed by atoms with Gasteiger partial charge >= 0.3 is 0 Å². The van der Waals surface area contributed by atoms with Gasteiger partial charge in [-0.3, -0.25) is 5.84 Å². The highest BCUT2D eigenvalue weighted by atomic mass is 16.0. The zero-order valence-electron chi connectivity index (χ0n) is 18.2. The van der Waals surface area contributed by atoms with Gasteiger partial charge in [0, 0.05) is 33.2 Å². The Balaban J connectivity index is 1.46. The van der Waals surface area contributed by atoms with Gasteiger partial charge in [-0.05, 0) is 75.5 Å². The highest BCUT2D eigenvalue weighted by Gasteiger charge is 2.29. The summed E-state index contributed by atoms with van der Waals surface area (Å²) in [5.74, 6) is 9.43. The summed E-state index contributed by atoms with van der Waals surface area (Å²) in [6.45, 7) is 4.25. The number of hydrogen-bond acceptors (Lipinski definition) is 5. The molecule has 2 saturated heterocycles. The zero-order chi connectivity index (χ0) is 19.3. The SMILES string of the molecule is CN1CCC2CCC(CCCN1N1CCC3CCC(=CCCN1N)CC3)CC2. The van der Waals surface area contributed by atoms with E-state index in [1.807, 2.05) is 5.12 Å². The second-order valence-corrected chi connectivity index (χ2v) is 9.94. The van der Waals surface area contributed by atoms with Crippen molar-refractivity contribution in [1.29, 1.82) is 0 Å². The van der Waals surface area contributed by atoms with E-state index >= 15 is 0 Å². The van der Waals surface area contributed by atoms with Gasteiger partial charge in [-0.15, -0.1) is 5.12 Å². The molecular weight excluding hydrogens is 346 g/mol. The molecule has 6 rings (SSSR count). The highest BCUT2D eigenvalue weighted by Crippen LogP contribution is 2.35. The van der Waals surface area contributed by atoms with Crippen LogP contribution in [0.2, 0.25) is 0 Å². The van der Waals surface area contributed by atoms with E-state index in [2.05, 4.69) is 28.4 Å². The molecule has 6 aliphatic rings. The molecule has 0 aromatic heterocycles. The van der Waals surface area contributed by atoms with Gasteiger partial charge in [-0.25, -0.2) is 5.01 Å². The first-order chi connectivity index (χ1) is 13.7. The Morgan fingerprint density at radius 2 is 1.36 bits per heavy atom. The summed E-state index contributed by atoms with van der Waals surface area (Å²) in [4.78, 5) is 0. The second kappa shape index (κ2) is 10.0. The van der Waals surface area contributed by atoms with Crippen LogP contribution in [0.3, 0.4) is 0 Å². The molecule has 4 bridgehead atoms. The second-order valence-electron chi connectivity index (χ2n) is 9.94. The van der Waals surface area contributed by atoms with Crippen LogP contribution >= 0.6 is 0 Å². The third-order valence-corrected chi connectivity index (χ3v) is 8.03. The molecule has 0 spiro atoms. The van der Waals surface area contributed by atoms with Crippen LogP contribution in [0, 0.1) is 17.8 Å². The van der Waals surface area contributed by atoms with Gasteiger partial charge < -0.3 is 0 Å². The predicted molar refractivity (Wildman–Crippen MR) is 116 cm³/mol. The van der Waals surface area contributed by atoms with Crippen molar-refractivity contribution in [2.45, 2.75) is 83.5 Å². The molecule has 5 heteroatoms. The fourth-order valence-corrected chi connectivity index (χ4v) is 6.01. The fraction of sp³-hybridized carbons (Fsp3) is 0.913. The Morgan fingerprint density at radius 3 is 2.11 bits per heavy atom. The molecule has 28 heavy (non-hydrogen) atoms. The monoisotopic (exact) mass is 389 g/mol.